The second kappa shape index (κ2) is 7.19. The lowest BCUT2D eigenvalue weighted by atomic mass is 9.85. The summed E-state index contributed by atoms with van der Waals surface area (Å²) < 4.78 is 3.39. The number of hydrogen-bond donors (Lipinski definition) is 2. The van der Waals surface area contributed by atoms with E-state index in [9.17, 15) is 0 Å². The minimum absolute atomic E-state index is 0.0576. The molecule has 0 aliphatic heterocycles. The number of H-pyrrole nitrogens is 1. The molecule has 1 aromatic heterocycles. The van der Waals surface area contributed by atoms with Crippen LogP contribution in [0.4, 0.5) is 0 Å². The van der Waals surface area contributed by atoms with Crippen LogP contribution in [0.1, 0.15) is 19.4 Å². The smallest absolute Gasteiger partial charge is 0.0601 e. The summed E-state index contributed by atoms with van der Waals surface area (Å²) in [5.74, 6) is 0. The Labute approximate surface area is 161 Å². The van der Waals surface area contributed by atoms with Crippen molar-refractivity contribution in [2.75, 3.05) is 6.54 Å². The molecule has 0 saturated carbocycles. The van der Waals surface area contributed by atoms with Crippen LogP contribution < -0.4 is 4.72 Å². The third-order valence-corrected chi connectivity index (χ3v) is 5.94. The first-order valence-corrected chi connectivity index (χ1v) is 9.44. The fourth-order valence-electron chi connectivity index (χ4n) is 2.64. The number of hydrogen-bond acceptors (Lipinski definition) is 2. The number of nitrogens with one attached hydrogen (secondary N) is 2. The van der Waals surface area contributed by atoms with Gasteiger partial charge in [0, 0.05) is 34.1 Å². The Morgan fingerprint density at radius 2 is 1.75 bits per heavy atom. The monoisotopic (exact) mass is 398 g/mol. The average molecular weight is 400 g/mol. The van der Waals surface area contributed by atoms with Gasteiger partial charge in [0.15, 0.2) is 0 Å². The summed E-state index contributed by atoms with van der Waals surface area (Å²) in [6, 6.07) is 11.7. The van der Waals surface area contributed by atoms with E-state index in [-0.39, 0.29) is 5.41 Å². The highest BCUT2D eigenvalue weighted by atomic mass is 35.5. The predicted octanol–water partition coefficient (Wildman–Crippen LogP) is 6.70. The second-order valence-corrected chi connectivity index (χ2v) is 8.41. The first-order valence-electron chi connectivity index (χ1n) is 7.49. The van der Waals surface area contributed by atoms with Crippen molar-refractivity contribution in [1.29, 1.82) is 0 Å². The van der Waals surface area contributed by atoms with Crippen molar-refractivity contribution in [3.63, 3.8) is 0 Å². The molecule has 2 aromatic carbocycles. The van der Waals surface area contributed by atoms with Gasteiger partial charge in [0.05, 0.1) is 14.9 Å². The number of aromatic nitrogens is 1. The molecular weight excluding hydrogens is 383 g/mol. The zero-order chi connectivity index (χ0) is 17.3. The summed E-state index contributed by atoms with van der Waals surface area (Å²) in [5, 5.41) is 2.88. The van der Waals surface area contributed by atoms with Gasteiger partial charge in [-0.25, -0.2) is 0 Å². The molecule has 0 fully saturated rings. The minimum Gasteiger partial charge on any atom is -0.361 e. The molecule has 6 heteroatoms. The normalized spacial score (nSPS) is 12.0. The van der Waals surface area contributed by atoms with E-state index in [4.69, 9.17) is 34.8 Å². The largest absolute Gasteiger partial charge is 0.361 e. The summed E-state index contributed by atoms with van der Waals surface area (Å²) in [6.45, 7) is 5.18. The van der Waals surface area contributed by atoms with Gasteiger partial charge in [0.25, 0.3) is 0 Å². The van der Waals surface area contributed by atoms with Crippen molar-refractivity contribution in [3.05, 3.63) is 63.2 Å². The Balaban J connectivity index is 1.74. The average Bonchev–Trinajstić information content (AvgIpc) is 2.94. The molecule has 0 saturated heterocycles. The van der Waals surface area contributed by atoms with Gasteiger partial charge in [-0.2, -0.15) is 0 Å². The van der Waals surface area contributed by atoms with Crippen LogP contribution >= 0.6 is 46.8 Å². The predicted molar refractivity (Wildman–Crippen MR) is 107 cm³/mol. The quantitative estimate of drug-likeness (QED) is 0.467. The van der Waals surface area contributed by atoms with E-state index >= 15 is 0 Å². The van der Waals surface area contributed by atoms with Gasteiger partial charge in [0.2, 0.25) is 0 Å². The Bertz CT molecular complexity index is 851. The first-order chi connectivity index (χ1) is 11.4. The molecule has 2 nitrogen and oxygen atoms in total. The second-order valence-electron chi connectivity index (χ2n) is 6.25. The molecule has 24 heavy (non-hydrogen) atoms. The standard InChI is InChI=1S/C18H17Cl3N2S/c1-18(2,13-9-22-16-6-4-3-5-12(13)16)10-23-24-17-14(20)7-11(19)8-15(17)21/h3-9,22-23H,10H2,1-2H3. The van der Waals surface area contributed by atoms with E-state index in [1.807, 2.05) is 6.07 Å². The van der Waals surface area contributed by atoms with Crippen molar-refractivity contribution in [2.24, 2.45) is 0 Å². The Morgan fingerprint density at radius 3 is 2.46 bits per heavy atom. The Kier molecular flexibility index (Phi) is 5.38. The number of aromatic amines is 1. The molecule has 0 spiro atoms. The molecule has 0 amide bonds. The molecule has 0 aliphatic rings. The lowest BCUT2D eigenvalue weighted by Crippen LogP contribution is -2.29. The van der Waals surface area contributed by atoms with Crippen LogP contribution in [0.2, 0.25) is 15.1 Å². The van der Waals surface area contributed by atoms with Gasteiger partial charge < -0.3 is 4.98 Å². The molecule has 3 rings (SSSR count). The van der Waals surface area contributed by atoms with E-state index in [0.717, 1.165) is 17.0 Å². The van der Waals surface area contributed by atoms with E-state index in [2.05, 4.69) is 47.9 Å². The molecule has 1 heterocycles. The van der Waals surface area contributed by atoms with E-state index in [0.29, 0.717) is 15.1 Å². The molecule has 0 bridgehead atoms. The zero-order valence-electron chi connectivity index (χ0n) is 13.3. The topological polar surface area (TPSA) is 27.8 Å². The van der Waals surface area contributed by atoms with Crippen LogP contribution in [-0.2, 0) is 5.41 Å². The SMILES string of the molecule is CC(C)(CNSc1c(Cl)cc(Cl)cc1Cl)c1c[nH]c2ccccc12. The van der Waals surface area contributed by atoms with Crippen molar-refractivity contribution >= 4 is 57.7 Å². The minimum atomic E-state index is -0.0576. The third-order valence-electron chi connectivity index (χ3n) is 3.97. The zero-order valence-corrected chi connectivity index (χ0v) is 16.4. The number of fused-ring (bicyclic) bond motifs is 1. The lowest BCUT2D eigenvalue weighted by Gasteiger charge is -2.25. The van der Waals surface area contributed by atoms with Crippen molar-refractivity contribution in [3.8, 4) is 0 Å². The molecule has 0 unspecified atom stereocenters. The van der Waals surface area contributed by atoms with Gasteiger partial charge in [-0.15, -0.1) is 0 Å². The van der Waals surface area contributed by atoms with Crippen LogP contribution in [0.5, 0.6) is 0 Å². The maximum atomic E-state index is 6.23. The van der Waals surface area contributed by atoms with Gasteiger partial charge in [-0.3, -0.25) is 4.72 Å². The van der Waals surface area contributed by atoms with Crippen LogP contribution in [0.15, 0.2) is 47.5 Å². The lowest BCUT2D eigenvalue weighted by molar-refractivity contribution is 0.527. The third kappa shape index (κ3) is 3.71. The van der Waals surface area contributed by atoms with Gasteiger partial charge in [0.1, 0.15) is 0 Å². The van der Waals surface area contributed by atoms with E-state index < -0.39 is 0 Å². The molecule has 0 atom stereocenters. The first kappa shape index (κ1) is 18.0. The molecular formula is C18H17Cl3N2S. The fourth-order valence-corrected chi connectivity index (χ4v) is 4.58. The Hall–Kier alpha value is -0.840. The number of halogens is 3. The Morgan fingerprint density at radius 1 is 1.08 bits per heavy atom. The number of benzene rings is 2. The van der Waals surface area contributed by atoms with Crippen molar-refractivity contribution < 1.29 is 0 Å². The molecule has 0 aliphatic carbocycles. The molecule has 3 aromatic rings. The highest BCUT2D eigenvalue weighted by molar-refractivity contribution is 7.97. The van der Waals surface area contributed by atoms with Gasteiger partial charge >= 0.3 is 0 Å². The van der Waals surface area contributed by atoms with Gasteiger partial charge in [-0.1, -0.05) is 66.8 Å². The van der Waals surface area contributed by atoms with Crippen LogP contribution in [-0.4, -0.2) is 11.5 Å². The highest BCUT2D eigenvalue weighted by Gasteiger charge is 2.24. The highest BCUT2D eigenvalue weighted by Crippen LogP contribution is 2.36. The number of para-hydroxylation sites is 1. The molecule has 2 N–H and O–H groups in total. The summed E-state index contributed by atoms with van der Waals surface area (Å²) >= 11 is 19.8. The van der Waals surface area contributed by atoms with Gasteiger partial charge in [-0.05, 0) is 35.7 Å². The summed E-state index contributed by atoms with van der Waals surface area (Å²) in [6.07, 6.45) is 2.08. The molecule has 126 valence electrons. The van der Waals surface area contributed by atoms with E-state index in [1.54, 1.807) is 12.1 Å². The van der Waals surface area contributed by atoms with Crippen LogP contribution in [0.3, 0.4) is 0 Å². The maximum Gasteiger partial charge on any atom is 0.0601 e. The molecule has 0 radical (unpaired) electrons. The van der Waals surface area contributed by atoms with Crippen molar-refractivity contribution in [2.45, 2.75) is 24.2 Å². The fraction of sp³-hybridized carbons (Fsp3) is 0.222. The van der Waals surface area contributed by atoms with Crippen molar-refractivity contribution in [1.82, 2.24) is 9.71 Å². The number of rotatable bonds is 5. The summed E-state index contributed by atoms with van der Waals surface area (Å²) in [7, 11) is 0. The van der Waals surface area contributed by atoms with E-state index in [1.165, 1.54) is 22.9 Å². The summed E-state index contributed by atoms with van der Waals surface area (Å²) in [5.41, 5.74) is 2.37. The maximum absolute atomic E-state index is 6.23. The van der Waals surface area contributed by atoms with Crippen LogP contribution in [0.25, 0.3) is 10.9 Å². The summed E-state index contributed by atoms with van der Waals surface area (Å²) in [4.78, 5) is 4.12. The van der Waals surface area contributed by atoms with Crippen LogP contribution in [0, 0.1) is 0 Å².